The van der Waals surface area contributed by atoms with Crippen LogP contribution in [-0.4, -0.2) is 24.3 Å². The number of alkyl halides is 1. The summed E-state index contributed by atoms with van der Waals surface area (Å²) >= 11 is 3.36. The summed E-state index contributed by atoms with van der Waals surface area (Å²) in [6.45, 7) is 8.58. The summed E-state index contributed by atoms with van der Waals surface area (Å²) in [5.41, 5.74) is 0. The third-order valence-corrected chi connectivity index (χ3v) is 2.44. The second-order valence-electron chi connectivity index (χ2n) is 3.09. The van der Waals surface area contributed by atoms with Gasteiger partial charge in [-0.25, -0.2) is 0 Å². The van der Waals surface area contributed by atoms with Gasteiger partial charge in [-0.3, -0.25) is 0 Å². The van der Waals surface area contributed by atoms with E-state index in [1.165, 1.54) is 6.42 Å². The van der Waals surface area contributed by atoms with Gasteiger partial charge in [-0.1, -0.05) is 41.8 Å². The summed E-state index contributed by atoms with van der Waals surface area (Å²) < 4.78 is 11.1. The molecule has 0 aromatic heterocycles. The van der Waals surface area contributed by atoms with Gasteiger partial charge in [-0.2, -0.15) is 0 Å². The van der Waals surface area contributed by atoms with Gasteiger partial charge in [0.15, 0.2) is 6.29 Å². The van der Waals surface area contributed by atoms with Crippen LogP contribution in [0.2, 0.25) is 0 Å². The second kappa shape index (κ2) is 9.69. The first kappa shape index (κ1) is 14.1. The smallest absolute Gasteiger partial charge is 0.167 e. The highest BCUT2D eigenvalue weighted by Crippen LogP contribution is 2.11. The second-order valence-corrected chi connectivity index (χ2v) is 3.74. The molecule has 0 aromatic carbocycles. The van der Waals surface area contributed by atoms with Crippen molar-refractivity contribution in [3.63, 3.8) is 0 Å². The molecule has 3 heteroatoms. The van der Waals surface area contributed by atoms with Crippen LogP contribution in [0.25, 0.3) is 0 Å². The monoisotopic (exact) mass is 264 g/mol. The predicted molar refractivity (Wildman–Crippen MR) is 63.8 cm³/mol. The van der Waals surface area contributed by atoms with Gasteiger partial charge in [0.25, 0.3) is 0 Å². The first-order valence-electron chi connectivity index (χ1n) is 5.24. The standard InChI is InChI=1S/C11H21BrO2/c1-4-7-8-10(5-2)14-11(9-12)13-6-3/h5,10-11H,2,4,6-9H2,1,3H3/t10-,11?/m0/s1. The summed E-state index contributed by atoms with van der Waals surface area (Å²) in [7, 11) is 0. The van der Waals surface area contributed by atoms with Crippen molar-refractivity contribution >= 4 is 15.9 Å². The molecule has 0 heterocycles. The van der Waals surface area contributed by atoms with E-state index >= 15 is 0 Å². The molecule has 2 atom stereocenters. The van der Waals surface area contributed by atoms with Gasteiger partial charge in [0.05, 0.1) is 11.4 Å². The van der Waals surface area contributed by atoms with Crippen molar-refractivity contribution in [2.75, 3.05) is 11.9 Å². The maximum absolute atomic E-state index is 5.70. The number of halogens is 1. The Bertz CT molecular complexity index is 139. The normalized spacial score (nSPS) is 15.1. The number of rotatable bonds is 9. The van der Waals surface area contributed by atoms with Crippen LogP contribution in [0.5, 0.6) is 0 Å². The summed E-state index contributed by atoms with van der Waals surface area (Å²) in [5, 5.41) is 0.706. The van der Waals surface area contributed by atoms with Crippen LogP contribution in [0, 0.1) is 0 Å². The number of hydrogen-bond donors (Lipinski definition) is 0. The van der Waals surface area contributed by atoms with E-state index in [0.29, 0.717) is 11.9 Å². The third-order valence-electron chi connectivity index (χ3n) is 1.91. The van der Waals surface area contributed by atoms with Gasteiger partial charge < -0.3 is 9.47 Å². The highest BCUT2D eigenvalue weighted by Gasteiger charge is 2.12. The Morgan fingerprint density at radius 1 is 1.43 bits per heavy atom. The lowest BCUT2D eigenvalue weighted by atomic mass is 10.1. The van der Waals surface area contributed by atoms with Crippen molar-refractivity contribution in [1.29, 1.82) is 0 Å². The Morgan fingerprint density at radius 2 is 2.14 bits per heavy atom. The van der Waals surface area contributed by atoms with Gasteiger partial charge in [-0.15, -0.1) is 6.58 Å². The number of unbranched alkanes of at least 4 members (excludes halogenated alkanes) is 1. The largest absolute Gasteiger partial charge is 0.352 e. The van der Waals surface area contributed by atoms with Gasteiger partial charge in [-0.05, 0) is 13.3 Å². The average Bonchev–Trinajstić information content (AvgIpc) is 2.22. The molecule has 0 radical (unpaired) electrons. The maximum atomic E-state index is 5.70. The van der Waals surface area contributed by atoms with Crippen LogP contribution in [0.3, 0.4) is 0 Å². The molecule has 0 saturated carbocycles. The Morgan fingerprint density at radius 3 is 2.57 bits per heavy atom. The Hall–Kier alpha value is 0.140. The zero-order chi connectivity index (χ0) is 10.8. The van der Waals surface area contributed by atoms with E-state index in [0.717, 1.165) is 12.8 Å². The molecule has 0 N–H and O–H groups in total. The molecule has 14 heavy (non-hydrogen) atoms. The average molecular weight is 265 g/mol. The third kappa shape index (κ3) is 6.57. The fraction of sp³-hybridized carbons (Fsp3) is 0.818. The van der Waals surface area contributed by atoms with Crippen LogP contribution < -0.4 is 0 Å². The molecule has 0 saturated heterocycles. The van der Waals surface area contributed by atoms with E-state index in [1.807, 2.05) is 13.0 Å². The van der Waals surface area contributed by atoms with E-state index in [1.54, 1.807) is 0 Å². The molecule has 1 unspecified atom stereocenters. The lowest BCUT2D eigenvalue weighted by Crippen LogP contribution is -2.24. The highest BCUT2D eigenvalue weighted by atomic mass is 79.9. The van der Waals surface area contributed by atoms with Gasteiger partial charge in [0.2, 0.25) is 0 Å². The summed E-state index contributed by atoms with van der Waals surface area (Å²) in [6.07, 6.45) is 5.18. The molecule has 84 valence electrons. The maximum Gasteiger partial charge on any atom is 0.167 e. The van der Waals surface area contributed by atoms with Crippen LogP contribution in [0.1, 0.15) is 33.1 Å². The zero-order valence-electron chi connectivity index (χ0n) is 9.17. The highest BCUT2D eigenvalue weighted by molar-refractivity contribution is 9.09. The fourth-order valence-corrected chi connectivity index (χ4v) is 1.49. The molecule has 0 spiro atoms. The molecular formula is C11H21BrO2. The van der Waals surface area contributed by atoms with Crippen molar-refractivity contribution in [3.8, 4) is 0 Å². The minimum atomic E-state index is -0.153. The molecule has 0 amide bonds. The van der Waals surface area contributed by atoms with Crippen LogP contribution >= 0.6 is 15.9 Å². The van der Waals surface area contributed by atoms with E-state index in [4.69, 9.17) is 9.47 Å². The van der Waals surface area contributed by atoms with Crippen molar-refractivity contribution in [2.24, 2.45) is 0 Å². The fourth-order valence-electron chi connectivity index (χ4n) is 1.15. The predicted octanol–water partition coefficient (Wildman–Crippen LogP) is 3.51. The lowest BCUT2D eigenvalue weighted by molar-refractivity contribution is -0.143. The topological polar surface area (TPSA) is 18.5 Å². The first-order chi connectivity index (χ1) is 6.78. The number of ether oxygens (including phenoxy) is 2. The molecule has 0 aliphatic carbocycles. The molecule has 0 fully saturated rings. The van der Waals surface area contributed by atoms with Crippen LogP contribution in [0.15, 0.2) is 12.7 Å². The van der Waals surface area contributed by atoms with E-state index in [9.17, 15) is 0 Å². The van der Waals surface area contributed by atoms with E-state index < -0.39 is 0 Å². The van der Waals surface area contributed by atoms with Crippen molar-refractivity contribution in [3.05, 3.63) is 12.7 Å². The minimum Gasteiger partial charge on any atom is -0.352 e. The van der Waals surface area contributed by atoms with Crippen molar-refractivity contribution in [1.82, 2.24) is 0 Å². The molecular weight excluding hydrogens is 244 g/mol. The Kier molecular flexibility index (Phi) is 9.78. The minimum absolute atomic E-state index is 0.115. The van der Waals surface area contributed by atoms with Crippen LogP contribution in [0.4, 0.5) is 0 Å². The van der Waals surface area contributed by atoms with Gasteiger partial charge >= 0.3 is 0 Å². The lowest BCUT2D eigenvalue weighted by Gasteiger charge is -2.20. The summed E-state index contributed by atoms with van der Waals surface area (Å²) in [6, 6.07) is 0. The summed E-state index contributed by atoms with van der Waals surface area (Å²) in [4.78, 5) is 0. The Labute approximate surface area is 95.8 Å². The molecule has 0 aromatic rings. The molecule has 0 aliphatic rings. The van der Waals surface area contributed by atoms with Gasteiger partial charge in [0, 0.05) is 6.61 Å². The summed E-state index contributed by atoms with van der Waals surface area (Å²) in [5.74, 6) is 0. The molecule has 0 aliphatic heterocycles. The van der Waals surface area contributed by atoms with Gasteiger partial charge in [0.1, 0.15) is 0 Å². The molecule has 0 rings (SSSR count). The van der Waals surface area contributed by atoms with Crippen molar-refractivity contribution < 1.29 is 9.47 Å². The first-order valence-corrected chi connectivity index (χ1v) is 6.36. The SMILES string of the molecule is C=C[C@@H](CCCC)OC(CBr)OCC. The molecule has 2 nitrogen and oxygen atoms in total. The van der Waals surface area contributed by atoms with E-state index in [-0.39, 0.29) is 12.4 Å². The van der Waals surface area contributed by atoms with Crippen LogP contribution in [-0.2, 0) is 9.47 Å². The Balaban J connectivity index is 3.80. The zero-order valence-corrected chi connectivity index (χ0v) is 10.8. The molecule has 0 bridgehead atoms. The quantitative estimate of drug-likeness (QED) is 0.361. The number of hydrogen-bond acceptors (Lipinski definition) is 2. The van der Waals surface area contributed by atoms with E-state index in [2.05, 4.69) is 29.4 Å². The van der Waals surface area contributed by atoms with Crippen molar-refractivity contribution in [2.45, 2.75) is 45.5 Å².